The number of nitrogens with two attached hydrogens (primary N) is 1. The minimum absolute atomic E-state index is 0.173. The van der Waals surface area contributed by atoms with E-state index in [9.17, 15) is 4.79 Å². The van der Waals surface area contributed by atoms with Gasteiger partial charge in [0.15, 0.2) is 0 Å². The van der Waals surface area contributed by atoms with E-state index in [0.717, 1.165) is 11.3 Å². The Morgan fingerprint density at radius 1 is 1.29 bits per heavy atom. The predicted molar refractivity (Wildman–Crippen MR) is 106 cm³/mol. The molecular weight excluding hydrogens is 342 g/mol. The first-order valence-corrected chi connectivity index (χ1v) is 9.67. The highest BCUT2D eigenvalue weighted by atomic mass is 35.5. The molecule has 0 aliphatic carbocycles. The molecule has 2 atom stereocenters. The van der Waals surface area contributed by atoms with Crippen LogP contribution >= 0.6 is 23.4 Å². The van der Waals surface area contributed by atoms with Gasteiger partial charge in [-0.2, -0.15) is 11.8 Å². The molecule has 24 heavy (non-hydrogen) atoms. The number of rotatable bonds is 9. The minimum Gasteiger partial charge on any atom is -0.322 e. The zero-order valence-electron chi connectivity index (χ0n) is 14.9. The normalized spacial score (nSPS) is 14.6. The molecule has 0 bridgehead atoms. The molecule has 1 aromatic carbocycles. The lowest BCUT2D eigenvalue weighted by atomic mass is 10.1. The van der Waals surface area contributed by atoms with Gasteiger partial charge in [-0.15, -0.1) is 0 Å². The van der Waals surface area contributed by atoms with Gasteiger partial charge >= 0.3 is 0 Å². The third-order valence-electron chi connectivity index (χ3n) is 3.80. The van der Waals surface area contributed by atoms with Gasteiger partial charge in [-0.05, 0) is 31.4 Å². The zero-order chi connectivity index (χ0) is 18.1. The van der Waals surface area contributed by atoms with Gasteiger partial charge in [0.05, 0.1) is 5.57 Å². The molecule has 134 valence electrons. The van der Waals surface area contributed by atoms with Gasteiger partial charge in [0.1, 0.15) is 5.16 Å². The second-order valence-corrected chi connectivity index (χ2v) is 7.87. The Labute approximate surface area is 154 Å². The molecule has 0 aliphatic heterocycles. The number of hydrazine groups is 1. The first-order valence-electron chi connectivity index (χ1n) is 8.35. The number of anilines is 1. The van der Waals surface area contributed by atoms with Crippen LogP contribution in [0.1, 0.15) is 57.8 Å². The maximum atomic E-state index is 12.5. The quantitative estimate of drug-likeness (QED) is 0.250. The van der Waals surface area contributed by atoms with Crippen LogP contribution in [0.4, 0.5) is 5.69 Å². The van der Waals surface area contributed by atoms with Crippen molar-refractivity contribution in [2.75, 3.05) is 5.32 Å². The largest absolute Gasteiger partial charge is 0.322 e. The fourth-order valence-electron chi connectivity index (χ4n) is 2.56. The first kappa shape index (κ1) is 20.9. The van der Waals surface area contributed by atoms with E-state index in [2.05, 4.69) is 37.6 Å². The van der Waals surface area contributed by atoms with Crippen LogP contribution in [0.5, 0.6) is 0 Å². The van der Waals surface area contributed by atoms with Crippen LogP contribution in [0, 0.1) is 0 Å². The van der Waals surface area contributed by atoms with Gasteiger partial charge in [0, 0.05) is 16.2 Å². The molecule has 1 rings (SSSR count). The Morgan fingerprint density at radius 2 is 1.96 bits per heavy atom. The molecule has 2 unspecified atom stereocenters. The van der Waals surface area contributed by atoms with Crippen LogP contribution in [0.25, 0.3) is 0 Å². The Balaban J connectivity index is 2.96. The summed E-state index contributed by atoms with van der Waals surface area (Å²) in [6.07, 6.45) is 2.85. The molecule has 4 nitrogen and oxygen atoms in total. The smallest absolute Gasteiger partial charge is 0.254 e. The molecule has 1 amide bonds. The molecular formula is C18H28ClN3OS. The average molecular weight is 370 g/mol. The van der Waals surface area contributed by atoms with Crippen LogP contribution in [0.3, 0.4) is 0 Å². The summed E-state index contributed by atoms with van der Waals surface area (Å²) in [5.74, 6) is 5.09. The van der Waals surface area contributed by atoms with Crippen molar-refractivity contribution in [2.45, 2.75) is 57.5 Å². The van der Waals surface area contributed by atoms with Crippen LogP contribution in [-0.4, -0.2) is 11.2 Å². The van der Waals surface area contributed by atoms with Gasteiger partial charge in [-0.1, -0.05) is 57.0 Å². The molecule has 0 heterocycles. The molecule has 0 fully saturated rings. The Hall–Kier alpha value is -1.17. The summed E-state index contributed by atoms with van der Waals surface area (Å²) < 4.78 is 0. The van der Waals surface area contributed by atoms with E-state index < -0.39 is 0 Å². The van der Waals surface area contributed by atoms with E-state index in [1.165, 1.54) is 12.8 Å². The standard InChI is InChI=1S/C18H28ClN3OS/c1-5-9-12(3)24-13(4)15-10-7-8-11-16(15)21-18(23)14(6-2)17(19)22-20/h7-8,10-13,22H,5-6,9,20H2,1-4H3,(H,21,23)/b17-14+. The van der Waals surface area contributed by atoms with Crippen molar-refractivity contribution in [1.29, 1.82) is 0 Å². The van der Waals surface area contributed by atoms with Crippen molar-refractivity contribution in [3.63, 3.8) is 0 Å². The number of amides is 1. The molecule has 0 radical (unpaired) electrons. The van der Waals surface area contributed by atoms with Crippen LogP contribution in [0.15, 0.2) is 35.0 Å². The van der Waals surface area contributed by atoms with Gasteiger partial charge in [0.2, 0.25) is 0 Å². The van der Waals surface area contributed by atoms with Crippen molar-refractivity contribution in [3.05, 3.63) is 40.6 Å². The Kier molecular flexibility index (Phi) is 9.26. The molecule has 0 aliphatic rings. The summed E-state index contributed by atoms with van der Waals surface area (Å²) in [4.78, 5) is 12.5. The highest BCUT2D eigenvalue weighted by Gasteiger charge is 2.18. The molecule has 0 saturated carbocycles. The number of thioether (sulfide) groups is 1. The van der Waals surface area contributed by atoms with Crippen molar-refractivity contribution in [3.8, 4) is 0 Å². The van der Waals surface area contributed by atoms with Crippen LogP contribution < -0.4 is 16.6 Å². The molecule has 6 heteroatoms. The zero-order valence-corrected chi connectivity index (χ0v) is 16.4. The summed E-state index contributed by atoms with van der Waals surface area (Å²) in [6, 6.07) is 7.90. The highest BCUT2D eigenvalue weighted by molar-refractivity contribution is 8.00. The molecule has 0 aromatic heterocycles. The highest BCUT2D eigenvalue weighted by Crippen LogP contribution is 2.37. The summed E-state index contributed by atoms with van der Waals surface area (Å²) in [6.45, 7) is 8.48. The SMILES string of the molecule is CCCC(C)SC(C)c1ccccc1NC(=O)/C(CC)=C(\Cl)NN. The fourth-order valence-corrected chi connectivity index (χ4v) is 4.20. The van der Waals surface area contributed by atoms with Crippen molar-refractivity contribution < 1.29 is 4.79 Å². The second-order valence-electron chi connectivity index (χ2n) is 5.71. The number of hydrogen-bond donors (Lipinski definition) is 3. The lowest BCUT2D eigenvalue weighted by molar-refractivity contribution is -0.113. The summed E-state index contributed by atoms with van der Waals surface area (Å²) >= 11 is 7.90. The predicted octanol–water partition coefficient (Wildman–Crippen LogP) is 4.93. The van der Waals surface area contributed by atoms with E-state index in [1.807, 2.05) is 36.9 Å². The summed E-state index contributed by atoms with van der Waals surface area (Å²) in [5, 5.41) is 4.02. The van der Waals surface area contributed by atoms with E-state index in [4.69, 9.17) is 17.4 Å². The van der Waals surface area contributed by atoms with Crippen molar-refractivity contribution in [2.24, 2.45) is 5.84 Å². The number of carbonyl (C=O) groups is 1. The summed E-state index contributed by atoms with van der Waals surface area (Å²) in [5.41, 5.74) is 4.71. The van der Waals surface area contributed by atoms with E-state index in [0.29, 0.717) is 22.5 Å². The number of nitrogens with one attached hydrogen (secondary N) is 2. The number of halogens is 1. The lowest BCUT2D eigenvalue weighted by Gasteiger charge is -2.20. The maximum absolute atomic E-state index is 12.5. The van der Waals surface area contributed by atoms with Gasteiger partial charge in [0.25, 0.3) is 5.91 Å². The number of hydrogen-bond acceptors (Lipinski definition) is 4. The first-order chi connectivity index (χ1) is 11.4. The van der Waals surface area contributed by atoms with Gasteiger partial charge in [-0.25, -0.2) is 5.84 Å². The third kappa shape index (κ3) is 6.04. The molecule has 1 aromatic rings. The van der Waals surface area contributed by atoms with E-state index in [1.54, 1.807) is 0 Å². The van der Waals surface area contributed by atoms with Crippen molar-refractivity contribution in [1.82, 2.24) is 5.43 Å². The van der Waals surface area contributed by atoms with Crippen LogP contribution in [-0.2, 0) is 4.79 Å². The van der Waals surface area contributed by atoms with Crippen molar-refractivity contribution >= 4 is 35.0 Å². The molecule has 0 saturated heterocycles. The number of carbonyl (C=O) groups excluding carboxylic acids is 1. The second kappa shape index (κ2) is 10.6. The van der Waals surface area contributed by atoms with Gasteiger partial charge in [-0.3, -0.25) is 4.79 Å². The number of benzene rings is 1. The number of para-hydroxylation sites is 1. The maximum Gasteiger partial charge on any atom is 0.254 e. The topological polar surface area (TPSA) is 67.2 Å². The summed E-state index contributed by atoms with van der Waals surface area (Å²) in [7, 11) is 0. The minimum atomic E-state index is -0.230. The monoisotopic (exact) mass is 369 g/mol. The third-order valence-corrected chi connectivity index (χ3v) is 5.50. The molecule has 0 spiro atoms. The van der Waals surface area contributed by atoms with Gasteiger partial charge < -0.3 is 10.7 Å². The van der Waals surface area contributed by atoms with Crippen LogP contribution in [0.2, 0.25) is 0 Å². The Morgan fingerprint density at radius 3 is 2.54 bits per heavy atom. The average Bonchev–Trinajstić information content (AvgIpc) is 2.55. The molecule has 4 N–H and O–H groups in total. The Bertz CT molecular complexity index is 577. The van der Waals surface area contributed by atoms with E-state index in [-0.39, 0.29) is 11.1 Å². The lowest BCUT2D eigenvalue weighted by Crippen LogP contribution is -2.24. The fraction of sp³-hybridized carbons (Fsp3) is 0.500. The van der Waals surface area contributed by atoms with E-state index >= 15 is 0 Å².